The lowest BCUT2D eigenvalue weighted by molar-refractivity contribution is -0.342. The standard InChI is InChI=1S/C15H28O10/c1-2-3-6-9(18)12(21)14(8(5-17)23-6)25-15-13(22)11(20)10(19)7(4-16)24-15/h6-22H,2-5H2,1H3/t6-,7?,8?,9?,10+,11?,12?,13?,14+,15+/m0/s1. The number of hydrogen-bond donors (Lipinski definition) is 7. The minimum atomic E-state index is -1.66. The number of ether oxygens (including phenoxy) is 3. The zero-order valence-electron chi connectivity index (χ0n) is 14.0. The van der Waals surface area contributed by atoms with Gasteiger partial charge >= 0.3 is 0 Å². The number of aliphatic hydroxyl groups excluding tert-OH is 7. The summed E-state index contributed by atoms with van der Waals surface area (Å²) >= 11 is 0. The summed E-state index contributed by atoms with van der Waals surface area (Å²) in [7, 11) is 0. The van der Waals surface area contributed by atoms with Gasteiger partial charge < -0.3 is 50.0 Å². The number of rotatable bonds is 6. The lowest BCUT2D eigenvalue weighted by atomic mass is 9.92. The fourth-order valence-corrected chi connectivity index (χ4v) is 3.19. The van der Waals surface area contributed by atoms with Gasteiger partial charge in [-0.25, -0.2) is 0 Å². The molecule has 0 aromatic rings. The van der Waals surface area contributed by atoms with Crippen LogP contribution in [-0.2, 0) is 14.2 Å². The van der Waals surface area contributed by atoms with Crippen LogP contribution < -0.4 is 0 Å². The average molecular weight is 368 g/mol. The number of aliphatic hydroxyl groups is 7. The van der Waals surface area contributed by atoms with Crippen molar-refractivity contribution in [2.24, 2.45) is 0 Å². The highest BCUT2D eigenvalue weighted by atomic mass is 16.7. The second-order valence-electron chi connectivity index (χ2n) is 6.46. The van der Waals surface area contributed by atoms with E-state index in [1.165, 1.54) is 0 Å². The SMILES string of the molecule is CCC[C@@H]1OC(CO)[C@@H](O[C@H]2OC(CO)[C@@H](O)C(O)C2O)C(O)C1O. The first-order valence-electron chi connectivity index (χ1n) is 8.44. The Balaban J connectivity index is 2.11. The molecular formula is C15H28O10. The van der Waals surface area contributed by atoms with E-state index < -0.39 is 74.4 Å². The van der Waals surface area contributed by atoms with Gasteiger partial charge in [0, 0.05) is 0 Å². The molecule has 2 rings (SSSR count). The zero-order chi connectivity index (χ0) is 18.7. The molecule has 10 nitrogen and oxygen atoms in total. The Hall–Kier alpha value is -0.400. The van der Waals surface area contributed by atoms with Gasteiger partial charge in [0.25, 0.3) is 0 Å². The molecule has 2 heterocycles. The van der Waals surface area contributed by atoms with E-state index >= 15 is 0 Å². The Morgan fingerprint density at radius 1 is 0.720 bits per heavy atom. The van der Waals surface area contributed by atoms with Crippen LogP contribution in [0.25, 0.3) is 0 Å². The molecule has 2 aliphatic rings. The molecular weight excluding hydrogens is 340 g/mol. The maximum absolute atomic E-state index is 10.3. The maximum atomic E-state index is 10.3. The molecule has 0 bridgehead atoms. The molecule has 0 saturated carbocycles. The van der Waals surface area contributed by atoms with Gasteiger partial charge in [0.2, 0.25) is 0 Å². The van der Waals surface area contributed by atoms with Crippen LogP contribution in [0, 0.1) is 0 Å². The third kappa shape index (κ3) is 4.30. The normalized spacial score (nSPS) is 48.5. The van der Waals surface area contributed by atoms with Crippen LogP contribution in [0.4, 0.5) is 0 Å². The van der Waals surface area contributed by atoms with Crippen LogP contribution in [0.15, 0.2) is 0 Å². The minimum absolute atomic E-state index is 0.474. The summed E-state index contributed by atoms with van der Waals surface area (Å²) in [6.45, 7) is 0.748. The van der Waals surface area contributed by atoms with E-state index in [0.29, 0.717) is 12.8 Å². The average Bonchev–Trinajstić information content (AvgIpc) is 2.61. The van der Waals surface area contributed by atoms with E-state index in [2.05, 4.69) is 0 Å². The van der Waals surface area contributed by atoms with Gasteiger partial charge in [0.15, 0.2) is 6.29 Å². The summed E-state index contributed by atoms with van der Waals surface area (Å²) in [4.78, 5) is 0. The van der Waals surface area contributed by atoms with E-state index in [4.69, 9.17) is 14.2 Å². The smallest absolute Gasteiger partial charge is 0.187 e. The predicted octanol–water partition coefficient (Wildman–Crippen LogP) is -3.55. The van der Waals surface area contributed by atoms with Crippen molar-refractivity contribution in [2.75, 3.05) is 13.2 Å². The largest absolute Gasteiger partial charge is 0.394 e. The second kappa shape index (κ2) is 9.00. The van der Waals surface area contributed by atoms with Gasteiger partial charge in [0.05, 0.1) is 19.3 Å². The molecule has 2 fully saturated rings. The molecule has 0 amide bonds. The van der Waals surface area contributed by atoms with Crippen molar-refractivity contribution in [3.8, 4) is 0 Å². The molecule has 0 spiro atoms. The Morgan fingerprint density at radius 2 is 1.32 bits per heavy atom. The molecule has 10 heteroatoms. The highest BCUT2D eigenvalue weighted by Gasteiger charge is 2.50. The van der Waals surface area contributed by atoms with Crippen LogP contribution in [0.1, 0.15) is 19.8 Å². The van der Waals surface area contributed by atoms with E-state index in [1.807, 2.05) is 6.92 Å². The molecule has 0 aromatic heterocycles. The van der Waals surface area contributed by atoms with Gasteiger partial charge in [0.1, 0.15) is 48.8 Å². The Labute approximate surface area is 145 Å². The molecule has 0 radical (unpaired) electrons. The highest BCUT2D eigenvalue weighted by Crippen LogP contribution is 2.30. The third-order valence-electron chi connectivity index (χ3n) is 4.68. The summed E-state index contributed by atoms with van der Waals surface area (Å²) in [6.07, 6.45) is -11.9. The molecule has 10 atom stereocenters. The first kappa shape index (κ1) is 20.9. The molecule has 25 heavy (non-hydrogen) atoms. The first-order valence-corrected chi connectivity index (χ1v) is 8.44. The second-order valence-corrected chi connectivity index (χ2v) is 6.46. The number of hydrogen-bond acceptors (Lipinski definition) is 10. The quantitative estimate of drug-likeness (QED) is 0.249. The van der Waals surface area contributed by atoms with Gasteiger partial charge in [-0.15, -0.1) is 0 Å². The van der Waals surface area contributed by atoms with Crippen LogP contribution in [-0.4, -0.2) is 110 Å². The molecule has 2 saturated heterocycles. The van der Waals surface area contributed by atoms with Gasteiger partial charge in [-0.05, 0) is 6.42 Å². The van der Waals surface area contributed by atoms with Gasteiger partial charge in [-0.2, -0.15) is 0 Å². The Morgan fingerprint density at radius 3 is 1.88 bits per heavy atom. The predicted molar refractivity (Wildman–Crippen MR) is 81.3 cm³/mol. The topological polar surface area (TPSA) is 169 Å². The van der Waals surface area contributed by atoms with E-state index in [0.717, 1.165) is 0 Å². The zero-order valence-corrected chi connectivity index (χ0v) is 14.0. The molecule has 148 valence electrons. The van der Waals surface area contributed by atoms with Gasteiger partial charge in [-0.3, -0.25) is 0 Å². The van der Waals surface area contributed by atoms with E-state index in [-0.39, 0.29) is 0 Å². The Kier molecular flexibility index (Phi) is 7.52. The van der Waals surface area contributed by atoms with Crippen LogP contribution in [0.2, 0.25) is 0 Å². The van der Waals surface area contributed by atoms with E-state index in [1.54, 1.807) is 0 Å². The van der Waals surface area contributed by atoms with Crippen molar-refractivity contribution in [1.82, 2.24) is 0 Å². The van der Waals surface area contributed by atoms with E-state index in [9.17, 15) is 35.7 Å². The Bertz CT molecular complexity index is 406. The summed E-state index contributed by atoms with van der Waals surface area (Å²) in [5, 5.41) is 68.8. The summed E-state index contributed by atoms with van der Waals surface area (Å²) in [5.74, 6) is 0. The van der Waals surface area contributed by atoms with Crippen LogP contribution in [0.5, 0.6) is 0 Å². The molecule has 7 N–H and O–H groups in total. The molecule has 2 aliphatic heterocycles. The molecule has 0 aliphatic carbocycles. The summed E-state index contributed by atoms with van der Waals surface area (Å²) in [5.41, 5.74) is 0. The van der Waals surface area contributed by atoms with Crippen molar-refractivity contribution >= 4 is 0 Å². The van der Waals surface area contributed by atoms with Crippen molar-refractivity contribution in [3.63, 3.8) is 0 Å². The molecule has 0 aromatic carbocycles. The first-order chi connectivity index (χ1) is 11.8. The third-order valence-corrected chi connectivity index (χ3v) is 4.68. The van der Waals surface area contributed by atoms with Crippen molar-refractivity contribution < 1.29 is 50.0 Å². The van der Waals surface area contributed by atoms with Crippen LogP contribution in [0.3, 0.4) is 0 Å². The van der Waals surface area contributed by atoms with Crippen molar-refractivity contribution in [2.45, 2.75) is 81.0 Å². The maximum Gasteiger partial charge on any atom is 0.187 e. The lowest BCUT2D eigenvalue weighted by Crippen LogP contribution is -2.64. The van der Waals surface area contributed by atoms with Crippen molar-refractivity contribution in [1.29, 1.82) is 0 Å². The molecule has 6 unspecified atom stereocenters. The van der Waals surface area contributed by atoms with Crippen molar-refractivity contribution in [3.05, 3.63) is 0 Å². The lowest BCUT2D eigenvalue weighted by Gasteiger charge is -2.46. The summed E-state index contributed by atoms with van der Waals surface area (Å²) < 4.78 is 16.2. The minimum Gasteiger partial charge on any atom is -0.394 e. The van der Waals surface area contributed by atoms with Crippen LogP contribution >= 0.6 is 0 Å². The fraction of sp³-hybridized carbons (Fsp3) is 1.00. The van der Waals surface area contributed by atoms with Gasteiger partial charge in [-0.1, -0.05) is 13.3 Å². The summed E-state index contributed by atoms with van der Waals surface area (Å²) in [6, 6.07) is 0. The monoisotopic (exact) mass is 368 g/mol. The highest BCUT2D eigenvalue weighted by molar-refractivity contribution is 4.95. The fourth-order valence-electron chi connectivity index (χ4n) is 3.19.